The van der Waals surface area contributed by atoms with E-state index in [1.54, 1.807) is 0 Å². The standard InChI is InChI=1S/C13H14F3NO/c1-8-5-6-9(7-11(8)13(14,15)16)12(18)17-10-3-2-4-10/h5-7,10H,2-4H2,1H3,(H,17,18). The van der Waals surface area contributed by atoms with E-state index in [0.29, 0.717) is 0 Å². The van der Waals surface area contributed by atoms with Gasteiger partial charge in [-0.2, -0.15) is 13.2 Å². The summed E-state index contributed by atoms with van der Waals surface area (Å²) in [5.41, 5.74) is -0.550. The van der Waals surface area contributed by atoms with Crippen LogP contribution in [0.25, 0.3) is 0 Å². The Hall–Kier alpha value is -1.52. The highest BCUT2D eigenvalue weighted by Crippen LogP contribution is 2.32. The lowest BCUT2D eigenvalue weighted by atomic mass is 9.93. The quantitative estimate of drug-likeness (QED) is 0.865. The van der Waals surface area contributed by atoms with Gasteiger partial charge in [0.15, 0.2) is 0 Å². The van der Waals surface area contributed by atoms with E-state index in [-0.39, 0.29) is 17.2 Å². The minimum atomic E-state index is -4.42. The van der Waals surface area contributed by atoms with Crippen LogP contribution in [0.3, 0.4) is 0 Å². The smallest absolute Gasteiger partial charge is 0.349 e. The Labute approximate surface area is 103 Å². The van der Waals surface area contributed by atoms with Crippen molar-refractivity contribution in [2.75, 3.05) is 0 Å². The predicted octanol–water partition coefficient (Wildman–Crippen LogP) is 3.30. The van der Waals surface area contributed by atoms with Gasteiger partial charge in [0.25, 0.3) is 5.91 Å². The van der Waals surface area contributed by atoms with Gasteiger partial charge in [-0.05, 0) is 43.9 Å². The minimum Gasteiger partial charge on any atom is -0.349 e. The molecule has 98 valence electrons. The van der Waals surface area contributed by atoms with Crippen LogP contribution in [0.4, 0.5) is 13.2 Å². The molecule has 0 aliphatic heterocycles. The van der Waals surface area contributed by atoms with Crippen LogP contribution in [0.1, 0.15) is 40.7 Å². The number of alkyl halides is 3. The highest BCUT2D eigenvalue weighted by Gasteiger charge is 2.33. The lowest BCUT2D eigenvalue weighted by Gasteiger charge is -2.26. The molecule has 0 saturated heterocycles. The van der Waals surface area contributed by atoms with E-state index in [1.165, 1.54) is 19.1 Å². The maximum Gasteiger partial charge on any atom is 0.416 e. The van der Waals surface area contributed by atoms with Gasteiger partial charge in [0.2, 0.25) is 0 Å². The summed E-state index contributed by atoms with van der Waals surface area (Å²) in [5.74, 6) is -0.426. The molecule has 0 spiro atoms. The molecule has 18 heavy (non-hydrogen) atoms. The largest absolute Gasteiger partial charge is 0.416 e. The van der Waals surface area contributed by atoms with Crippen LogP contribution in [-0.2, 0) is 6.18 Å². The van der Waals surface area contributed by atoms with Crippen molar-refractivity contribution in [2.45, 2.75) is 38.4 Å². The predicted molar refractivity (Wildman–Crippen MR) is 61.3 cm³/mol. The zero-order valence-electron chi connectivity index (χ0n) is 9.97. The molecule has 1 saturated carbocycles. The number of carbonyl (C=O) groups is 1. The third-order valence-corrected chi connectivity index (χ3v) is 3.25. The van der Waals surface area contributed by atoms with Crippen LogP contribution in [-0.4, -0.2) is 11.9 Å². The lowest BCUT2D eigenvalue weighted by Crippen LogP contribution is -2.39. The summed E-state index contributed by atoms with van der Waals surface area (Å²) in [4.78, 5) is 11.8. The number of carbonyl (C=O) groups excluding carboxylic acids is 1. The Bertz CT molecular complexity index is 464. The van der Waals surface area contributed by atoms with Crippen molar-refractivity contribution in [3.63, 3.8) is 0 Å². The van der Waals surface area contributed by atoms with Gasteiger partial charge in [0, 0.05) is 11.6 Å². The first-order chi connectivity index (χ1) is 8.38. The third kappa shape index (κ3) is 2.66. The van der Waals surface area contributed by atoms with E-state index in [1.807, 2.05) is 0 Å². The molecule has 1 N–H and O–H groups in total. The average Bonchev–Trinajstić information content (AvgIpc) is 2.22. The second-order valence-electron chi connectivity index (χ2n) is 4.63. The monoisotopic (exact) mass is 257 g/mol. The van der Waals surface area contributed by atoms with Gasteiger partial charge in [-0.25, -0.2) is 0 Å². The van der Waals surface area contributed by atoms with Crippen molar-refractivity contribution in [1.82, 2.24) is 5.32 Å². The molecule has 0 aromatic heterocycles. The number of hydrogen-bond donors (Lipinski definition) is 1. The molecule has 0 radical (unpaired) electrons. The summed E-state index contributed by atoms with van der Waals surface area (Å²) in [5, 5.41) is 2.72. The summed E-state index contributed by atoms with van der Waals surface area (Å²) in [6.07, 6.45) is -1.54. The van der Waals surface area contributed by atoms with Crippen LogP contribution in [0.15, 0.2) is 18.2 Å². The van der Waals surface area contributed by atoms with Gasteiger partial charge < -0.3 is 5.32 Å². The van der Waals surface area contributed by atoms with Crippen LogP contribution < -0.4 is 5.32 Å². The van der Waals surface area contributed by atoms with E-state index < -0.39 is 17.6 Å². The Kier molecular flexibility index (Phi) is 3.32. The van der Waals surface area contributed by atoms with Crippen molar-refractivity contribution in [1.29, 1.82) is 0 Å². The second kappa shape index (κ2) is 4.63. The van der Waals surface area contributed by atoms with Gasteiger partial charge in [0.1, 0.15) is 0 Å². The number of nitrogens with one attached hydrogen (secondary N) is 1. The molecule has 1 aliphatic carbocycles. The highest BCUT2D eigenvalue weighted by atomic mass is 19.4. The number of amides is 1. The SMILES string of the molecule is Cc1ccc(C(=O)NC2CCC2)cc1C(F)(F)F. The molecule has 0 unspecified atom stereocenters. The zero-order valence-corrected chi connectivity index (χ0v) is 9.97. The maximum absolute atomic E-state index is 12.7. The van der Waals surface area contributed by atoms with Crippen LogP contribution in [0.5, 0.6) is 0 Å². The Morgan fingerprint density at radius 1 is 1.33 bits per heavy atom. The fraction of sp³-hybridized carbons (Fsp3) is 0.462. The molecule has 2 nitrogen and oxygen atoms in total. The molecular weight excluding hydrogens is 243 g/mol. The van der Waals surface area contributed by atoms with Crippen LogP contribution >= 0.6 is 0 Å². The van der Waals surface area contributed by atoms with Crippen molar-refractivity contribution >= 4 is 5.91 Å². The molecular formula is C13H14F3NO. The molecule has 0 bridgehead atoms. The fourth-order valence-corrected chi connectivity index (χ4v) is 1.89. The topological polar surface area (TPSA) is 29.1 Å². The number of halogens is 3. The zero-order chi connectivity index (χ0) is 13.3. The molecule has 1 fully saturated rings. The summed E-state index contributed by atoms with van der Waals surface area (Å²) in [6.45, 7) is 1.39. The number of aryl methyl sites for hydroxylation is 1. The van der Waals surface area contributed by atoms with E-state index in [2.05, 4.69) is 5.32 Å². The van der Waals surface area contributed by atoms with Gasteiger partial charge in [0.05, 0.1) is 5.56 Å². The average molecular weight is 257 g/mol. The normalized spacial score (nSPS) is 16.2. The Balaban J connectivity index is 2.20. The maximum atomic E-state index is 12.7. The summed E-state index contributed by atoms with van der Waals surface area (Å²) in [6, 6.07) is 3.80. The van der Waals surface area contributed by atoms with E-state index in [9.17, 15) is 18.0 Å². The van der Waals surface area contributed by atoms with Crippen molar-refractivity contribution < 1.29 is 18.0 Å². The second-order valence-corrected chi connectivity index (χ2v) is 4.63. The Morgan fingerprint density at radius 3 is 2.50 bits per heavy atom. The number of benzene rings is 1. The lowest BCUT2D eigenvalue weighted by molar-refractivity contribution is -0.138. The molecule has 5 heteroatoms. The van der Waals surface area contributed by atoms with Gasteiger partial charge in [-0.15, -0.1) is 0 Å². The van der Waals surface area contributed by atoms with Crippen molar-refractivity contribution in [3.8, 4) is 0 Å². The molecule has 1 aliphatic rings. The minimum absolute atomic E-state index is 0.0693. The molecule has 1 amide bonds. The van der Waals surface area contributed by atoms with Gasteiger partial charge in [-0.1, -0.05) is 6.07 Å². The van der Waals surface area contributed by atoms with Crippen molar-refractivity contribution in [2.24, 2.45) is 0 Å². The third-order valence-electron chi connectivity index (χ3n) is 3.25. The van der Waals surface area contributed by atoms with Crippen LogP contribution in [0, 0.1) is 6.92 Å². The molecule has 2 rings (SSSR count). The van der Waals surface area contributed by atoms with E-state index >= 15 is 0 Å². The molecule has 1 aromatic rings. The molecule has 0 heterocycles. The van der Waals surface area contributed by atoms with E-state index in [0.717, 1.165) is 25.3 Å². The number of hydrogen-bond acceptors (Lipinski definition) is 1. The summed E-state index contributed by atoms with van der Waals surface area (Å²) >= 11 is 0. The molecule has 1 aromatic carbocycles. The van der Waals surface area contributed by atoms with Gasteiger partial charge in [-0.3, -0.25) is 4.79 Å². The fourth-order valence-electron chi connectivity index (χ4n) is 1.89. The first kappa shape index (κ1) is 12.9. The first-order valence-corrected chi connectivity index (χ1v) is 5.86. The van der Waals surface area contributed by atoms with E-state index in [4.69, 9.17) is 0 Å². The highest BCUT2D eigenvalue weighted by molar-refractivity contribution is 5.94. The molecule has 0 atom stereocenters. The summed E-state index contributed by atoms with van der Waals surface area (Å²) in [7, 11) is 0. The Morgan fingerprint density at radius 2 is 2.00 bits per heavy atom. The van der Waals surface area contributed by atoms with Crippen molar-refractivity contribution in [3.05, 3.63) is 34.9 Å². The first-order valence-electron chi connectivity index (χ1n) is 5.86. The number of rotatable bonds is 2. The van der Waals surface area contributed by atoms with Crippen LogP contribution in [0.2, 0.25) is 0 Å². The summed E-state index contributed by atoms with van der Waals surface area (Å²) < 4.78 is 38.1. The van der Waals surface area contributed by atoms with Gasteiger partial charge >= 0.3 is 6.18 Å².